The van der Waals surface area contributed by atoms with E-state index in [0.29, 0.717) is 18.9 Å². The van der Waals surface area contributed by atoms with Gasteiger partial charge in [-0.15, -0.1) is 24.0 Å². The van der Waals surface area contributed by atoms with Crippen molar-refractivity contribution in [3.63, 3.8) is 0 Å². The lowest BCUT2D eigenvalue weighted by Gasteiger charge is -2.30. The number of carbonyl (C=O) groups is 1. The maximum atomic E-state index is 13.1. The Labute approximate surface area is 197 Å². The zero-order valence-corrected chi connectivity index (χ0v) is 20.5. The molecule has 0 radical (unpaired) electrons. The Morgan fingerprint density at radius 1 is 1.27 bits per heavy atom. The van der Waals surface area contributed by atoms with Crippen LogP contribution >= 0.6 is 24.0 Å². The molecule has 1 aromatic rings. The second-order valence-electron chi connectivity index (χ2n) is 7.95. The number of guanidine groups is 1. The van der Waals surface area contributed by atoms with Crippen LogP contribution in [-0.2, 0) is 11.2 Å². The third kappa shape index (κ3) is 10.1. The van der Waals surface area contributed by atoms with Crippen LogP contribution in [0.2, 0.25) is 0 Å². The van der Waals surface area contributed by atoms with Gasteiger partial charge in [-0.25, -0.2) is 4.39 Å². The van der Waals surface area contributed by atoms with Crippen LogP contribution in [0.5, 0.6) is 0 Å². The minimum absolute atomic E-state index is 0. The van der Waals surface area contributed by atoms with Crippen LogP contribution in [0.4, 0.5) is 4.39 Å². The molecule has 0 spiro atoms. The van der Waals surface area contributed by atoms with Gasteiger partial charge in [-0.1, -0.05) is 19.1 Å². The zero-order chi connectivity index (χ0) is 21.1. The third-order valence-electron chi connectivity index (χ3n) is 5.43. The minimum atomic E-state index is -0.425. The van der Waals surface area contributed by atoms with E-state index in [-0.39, 0.29) is 29.8 Å². The van der Waals surface area contributed by atoms with Crippen LogP contribution < -0.4 is 16.4 Å². The van der Waals surface area contributed by atoms with E-state index in [1.165, 1.54) is 38.1 Å². The highest BCUT2D eigenvalue weighted by Crippen LogP contribution is 2.15. The molecule has 2 rings (SSSR count). The molecule has 8 heteroatoms. The molecular formula is C22H37FIN5O. The van der Waals surface area contributed by atoms with Crippen LogP contribution in [-0.4, -0.2) is 56.0 Å². The summed E-state index contributed by atoms with van der Waals surface area (Å²) in [5.41, 5.74) is 6.43. The number of nitrogens with two attached hydrogens (primary N) is 1. The molecule has 1 atom stereocenters. The van der Waals surface area contributed by atoms with Gasteiger partial charge in [-0.05, 0) is 75.9 Å². The fourth-order valence-corrected chi connectivity index (χ4v) is 3.50. The number of amides is 1. The summed E-state index contributed by atoms with van der Waals surface area (Å²) in [4.78, 5) is 18.9. The molecule has 1 amide bonds. The summed E-state index contributed by atoms with van der Waals surface area (Å²) in [5, 5.41) is 6.56. The Bertz CT molecular complexity index is 647. The Kier molecular flexibility index (Phi) is 12.9. The number of likely N-dealkylation sites (tertiary alicyclic amines) is 1. The first-order chi connectivity index (χ1) is 14.0. The Morgan fingerprint density at radius 3 is 2.53 bits per heavy atom. The Hall–Kier alpha value is -1.42. The molecule has 1 heterocycles. The van der Waals surface area contributed by atoms with Crippen molar-refractivity contribution < 1.29 is 9.18 Å². The average molecular weight is 533 g/mol. The first-order valence-electron chi connectivity index (χ1n) is 10.8. The highest BCUT2D eigenvalue weighted by Gasteiger charge is 2.17. The standard InChI is InChI=1S/C22H36FN5O.HI/c1-3-25-22(26-11-4-12-28-13-9-17(2)10-14-28)27-16-19(21(24)29)15-18-5-7-20(23)8-6-18;/h5-8,17,19H,3-4,9-16H2,1-2H3,(H2,24,29)(H2,25,26,27);1H. The average Bonchev–Trinajstić information content (AvgIpc) is 2.70. The number of carbonyl (C=O) groups excluding carboxylic acids is 1. The normalized spacial score (nSPS) is 16.6. The number of halogens is 2. The van der Waals surface area contributed by atoms with Crippen LogP contribution in [0, 0.1) is 17.7 Å². The van der Waals surface area contributed by atoms with E-state index in [9.17, 15) is 9.18 Å². The number of nitrogens with one attached hydrogen (secondary N) is 2. The molecule has 0 aliphatic carbocycles. The van der Waals surface area contributed by atoms with E-state index in [0.717, 1.165) is 37.5 Å². The van der Waals surface area contributed by atoms with E-state index in [4.69, 9.17) is 5.73 Å². The SMILES string of the molecule is CCNC(=NCC(Cc1ccc(F)cc1)C(N)=O)NCCCN1CCC(C)CC1.I. The van der Waals surface area contributed by atoms with E-state index < -0.39 is 11.8 Å². The summed E-state index contributed by atoms with van der Waals surface area (Å²) >= 11 is 0. The number of aliphatic imine (C=N–C) groups is 1. The number of nitrogens with zero attached hydrogens (tertiary/aromatic N) is 2. The van der Waals surface area contributed by atoms with Crippen molar-refractivity contribution in [2.45, 2.75) is 39.5 Å². The van der Waals surface area contributed by atoms with Gasteiger partial charge in [0.05, 0.1) is 12.5 Å². The monoisotopic (exact) mass is 533 g/mol. The van der Waals surface area contributed by atoms with Gasteiger partial charge in [-0.2, -0.15) is 0 Å². The summed E-state index contributed by atoms with van der Waals surface area (Å²) < 4.78 is 13.1. The topological polar surface area (TPSA) is 82.7 Å². The van der Waals surface area contributed by atoms with Gasteiger partial charge in [0.15, 0.2) is 5.96 Å². The predicted molar refractivity (Wildman–Crippen MR) is 132 cm³/mol. The van der Waals surface area contributed by atoms with Gasteiger partial charge >= 0.3 is 0 Å². The maximum absolute atomic E-state index is 13.1. The Morgan fingerprint density at radius 2 is 1.93 bits per heavy atom. The van der Waals surface area contributed by atoms with E-state index >= 15 is 0 Å². The molecule has 170 valence electrons. The number of piperidine rings is 1. The molecule has 0 saturated carbocycles. The van der Waals surface area contributed by atoms with Crippen LogP contribution in [0.3, 0.4) is 0 Å². The first-order valence-corrected chi connectivity index (χ1v) is 10.8. The number of benzene rings is 1. The highest BCUT2D eigenvalue weighted by molar-refractivity contribution is 14.0. The van der Waals surface area contributed by atoms with Crippen molar-refractivity contribution in [2.24, 2.45) is 22.6 Å². The van der Waals surface area contributed by atoms with Gasteiger partial charge in [0, 0.05) is 13.1 Å². The minimum Gasteiger partial charge on any atom is -0.369 e. The number of hydrogen-bond donors (Lipinski definition) is 3. The van der Waals surface area contributed by atoms with Crippen molar-refractivity contribution in [1.29, 1.82) is 0 Å². The fourth-order valence-electron chi connectivity index (χ4n) is 3.50. The van der Waals surface area contributed by atoms with Crippen molar-refractivity contribution in [3.8, 4) is 0 Å². The van der Waals surface area contributed by atoms with Crippen molar-refractivity contribution >= 4 is 35.8 Å². The zero-order valence-electron chi connectivity index (χ0n) is 18.2. The molecular weight excluding hydrogens is 496 g/mol. The van der Waals surface area contributed by atoms with Crippen LogP contribution in [0.25, 0.3) is 0 Å². The molecule has 30 heavy (non-hydrogen) atoms. The maximum Gasteiger partial charge on any atom is 0.222 e. The second-order valence-corrected chi connectivity index (χ2v) is 7.95. The van der Waals surface area contributed by atoms with E-state index in [1.807, 2.05) is 6.92 Å². The van der Waals surface area contributed by atoms with Gasteiger partial charge in [-0.3, -0.25) is 9.79 Å². The van der Waals surface area contributed by atoms with Crippen molar-refractivity contribution in [1.82, 2.24) is 15.5 Å². The van der Waals surface area contributed by atoms with E-state index in [2.05, 4.69) is 27.4 Å². The molecule has 0 bridgehead atoms. The number of primary amides is 1. The van der Waals surface area contributed by atoms with E-state index in [1.54, 1.807) is 12.1 Å². The Balaban J connectivity index is 0.00000450. The van der Waals surface area contributed by atoms with Gasteiger partial charge < -0.3 is 21.3 Å². The number of hydrogen-bond acceptors (Lipinski definition) is 3. The molecule has 1 fully saturated rings. The smallest absolute Gasteiger partial charge is 0.222 e. The predicted octanol–water partition coefficient (Wildman–Crippen LogP) is 2.76. The van der Waals surface area contributed by atoms with Gasteiger partial charge in [0.2, 0.25) is 5.91 Å². The lowest BCUT2D eigenvalue weighted by Crippen LogP contribution is -2.40. The number of rotatable bonds is 10. The lowest BCUT2D eigenvalue weighted by atomic mass is 9.99. The third-order valence-corrected chi connectivity index (χ3v) is 5.43. The molecule has 1 aromatic carbocycles. The lowest BCUT2D eigenvalue weighted by molar-refractivity contribution is -0.121. The summed E-state index contributed by atoms with van der Waals surface area (Å²) in [7, 11) is 0. The molecule has 1 aliphatic rings. The fraction of sp³-hybridized carbons (Fsp3) is 0.636. The van der Waals surface area contributed by atoms with Crippen LogP contribution in [0.1, 0.15) is 38.7 Å². The first kappa shape index (κ1) is 26.6. The summed E-state index contributed by atoms with van der Waals surface area (Å²) in [5.74, 6) is 0.440. The summed E-state index contributed by atoms with van der Waals surface area (Å²) in [6.07, 6.45) is 4.08. The van der Waals surface area contributed by atoms with Crippen LogP contribution in [0.15, 0.2) is 29.3 Å². The van der Waals surface area contributed by atoms with Crippen molar-refractivity contribution in [2.75, 3.05) is 39.3 Å². The molecule has 0 aromatic heterocycles. The molecule has 4 N–H and O–H groups in total. The molecule has 1 saturated heterocycles. The largest absolute Gasteiger partial charge is 0.369 e. The molecule has 1 aliphatic heterocycles. The van der Waals surface area contributed by atoms with Gasteiger partial charge in [0.1, 0.15) is 5.82 Å². The van der Waals surface area contributed by atoms with Gasteiger partial charge in [0.25, 0.3) is 0 Å². The molecule has 6 nitrogen and oxygen atoms in total. The quantitative estimate of drug-likeness (QED) is 0.187. The molecule has 1 unspecified atom stereocenters. The summed E-state index contributed by atoms with van der Waals surface area (Å²) in [6, 6.07) is 6.15. The van der Waals surface area contributed by atoms with Crippen molar-refractivity contribution in [3.05, 3.63) is 35.6 Å². The highest BCUT2D eigenvalue weighted by atomic mass is 127. The second kappa shape index (κ2) is 14.6. The summed E-state index contributed by atoms with van der Waals surface area (Å²) in [6.45, 7) is 9.69.